The Kier molecular flexibility index (Phi) is 6.35. The first kappa shape index (κ1) is 25.0. The van der Waals surface area contributed by atoms with E-state index in [2.05, 4.69) is 133 Å². The highest BCUT2D eigenvalue weighted by molar-refractivity contribution is 5.86. The number of allylic oxidation sites excluding steroid dienone is 10. The molecule has 1 aromatic carbocycles. The highest BCUT2D eigenvalue weighted by atomic mass is 15.2. The third-order valence-corrected chi connectivity index (χ3v) is 9.08. The molecule has 2 nitrogen and oxygen atoms in total. The average molecular weight is 523 g/mol. The number of para-hydroxylation sites is 1. The second-order valence-corrected chi connectivity index (χ2v) is 11.5. The molecular formula is C38H38N2. The summed E-state index contributed by atoms with van der Waals surface area (Å²) in [5.74, 6) is 0.803. The van der Waals surface area contributed by atoms with E-state index in [-0.39, 0.29) is 6.04 Å². The monoisotopic (exact) mass is 522 g/mol. The Balaban J connectivity index is 1.41. The molecule has 0 saturated heterocycles. The van der Waals surface area contributed by atoms with Gasteiger partial charge in [-0.2, -0.15) is 0 Å². The number of benzene rings is 1. The largest absolute Gasteiger partial charge is 0.333 e. The summed E-state index contributed by atoms with van der Waals surface area (Å²) >= 11 is 0. The lowest BCUT2D eigenvalue weighted by Gasteiger charge is -2.36. The van der Waals surface area contributed by atoms with E-state index in [1.165, 1.54) is 56.3 Å². The summed E-state index contributed by atoms with van der Waals surface area (Å²) in [6, 6.07) is 9.36. The molecule has 2 heterocycles. The highest BCUT2D eigenvalue weighted by Crippen LogP contribution is 2.47. The highest BCUT2D eigenvalue weighted by Gasteiger charge is 2.40. The Morgan fingerprint density at radius 1 is 0.950 bits per heavy atom. The molecule has 0 saturated carbocycles. The van der Waals surface area contributed by atoms with Crippen molar-refractivity contribution >= 4 is 17.7 Å². The Labute approximate surface area is 239 Å². The normalized spacial score (nSPS) is 24.8. The molecule has 0 radical (unpaired) electrons. The van der Waals surface area contributed by atoms with Crippen molar-refractivity contribution in [2.45, 2.75) is 52.0 Å². The van der Waals surface area contributed by atoms with Crippen LogP contribution in [0, 0.1) is 11.8 Å². The van der Waals surface area contributed by atoms with Gasteiger partial charge in [-0.3, -0.25) is 0 Å². The minimum Gasteiger partial charge on any atom is -0.333 e. The van der Waals surface area contributed by atoms with Crippen molar-refractivity contribution in [2.75, 3.05) is 0 Å². The zero-order valence-electron chi connectivity index (χ0n) is 23.7. The zero-order chi connectivity index (χ0) is 27.2. The molecule has 4 aliphatic carbocycles. The van der Waals surface area contributed by atoms with Gasteiger partial charge in [0.1, 0.15) is 0 Å². The van der Waals surface area contributed by atoms with E-state index in [9.17, 15) is 0 Å². The maximum absolute atomic E-state index is 4.30. The van der Waals surface area contributed by atoms with Crippen LogP contribution in [-0.2, 0) is 12.8 Å². The van der Waals surface area contributed by atoms with Crippen molar-refractivity contribution in [3.05, 3.63) is 143 Å². The molecule has 0 amide bonds. The molecule has 0 fully saturated rings. The van der Waals surface area contributed by atoms with Gasteiger partial charge >= 0.3 is 0 Å². The minimum atomic E-state index is 0.249. The Bertz CT molecular complexity index is 1580. The van der Waals surface area contributed by atoms with E-state index in [0.29, 0.717) is 11.8 Å². The first-order chi connectivity index (χ1) is 19.7. The van der Waals surface area contributed by atoms with Crippen LogP contribution in [0.4, 0.5) is 0 Å². The van der Waals surface area contributed by atoms with E-state index < -0.39 is 0 Å². The summed E-state index contributed by atoms with van der Waals surface area (Å²) in [7, 11) is 0. The van der Waals surface area contributed by atoms with Crippen LogP contribution in [0.3, 0.4) is 0 Å². The number of hydrogen-bond donors (Lipinski definition) is 0. The lowest BCUT2D eigenvalue weighted by atomic mass is 9.87. The third kappa shape index (κ3) is 3.84. The maximum Gasteiger partial charge on any atom is 0.0629 e. The van der Waals surface area contributed by atoms with Crippen LogP contribution in [-0.4, -0.2) is 15.5 Å². The van der Waals surface area contributed by atoms with Gasteiger partial charge in [-0.1, -0.05) is 105 Å². The number of rotatable bonds is 5. The molecule has 200 valence electrons. The first-order valence-electron chi connectivity index (χ1n) is 15.0. The van der Waals surface area contributed by atoms with Crippen molar-refractivity contribution in [3.63, 3.8) is 0 Å². The smallest absolute Gasteiger partial charge is 0.0629 e. The van der Waals surface area contributed by atoms with Crippen LogP contribution in [0.15, 0.2) is 115 Å². The second kappa shape index (κ2) is 10.2. The van der Waals surface area contributed by atoms with Gasteiger partial charge in [-0.25, -0.2) is 0 Å². The summed E-state index contributed by atoms with van der Waals surface area (Å²) in [6.07, 6.45) is 35.5. The number of aromatic nitrogens is 1. The van der Waals surface area contributed by atoms with Gasteiger partial charge < -0.3 is 9.47 Å². The number of fused-ring (bicyclic) bond motifs is 4. The van der Waals surface area contributed by atoms with Crippen LogP contribution >= 0.6 is 0 Å². The summed E-state index contributed by atoms with van der Waals surface area (Å²) in [5.41, 5.74) is 13.6. The molecule has 5 aliphatic rings. The van der Waals surface area contributed by atoms with E-state index >= 15 is 0 Å². The molecule has 2 heteroatoms. The van der Waals surface area contributed by atoms with Gasteiger partial charge in [0.05, 0.1) is 11.7 Å². The lowest BCUT2D eigenvalue weighted by molar-refractivity contribution is 0.379. The standard InChI is InChI=1S/C38H38N2/c1-4-14-27-28-15-6-10-19-34(28)39(33(27)5-2)38-25-26(3)23-24-32(38)31-18-9-13-22-37(31)40-35-20-11-7-16-29(35)30-17-8-12-21-36(30)40/h4-10,13-19,22,24-26,28,34H,2,11-12,20-21,23H2,1,3H3/b14-4-. The zero-order valence-corrected chi connectivity index (χ0v) is 23.7. The minimum absolute atomic E-state index is 0.249. The molecule has 0 bridgehead atoms. The molecule has 2 aromatic rings. The molecule has 1 aliphatic heterocycles. The Hall–Kier alpha value is -4.04. The van der Waals surface area contributed by atoms with Crippen molar-refractivity contribution in [3.8, 4) is 5.69 Å². The van der Waals surface area contributed by atoms with Gasteiger partial charge in [-0.15, -0.1) is 0 Å². The molecule has 3 unspecified atom stereocenters. The molecule has 0 spiro atoms. The van der Waals surface area contributed by atoms with Crippen LogP contribution in [0.5, 0.6) is 0 Å². The van der Waals surface area contributed by atoms with Crippen LogP contribution < -0.4 is 0 Å². The van der Waals surface area contributed by atoms with E-state index in [1.54, 1.807) is 0 Å². The second-order valence-electron chi connectivity index (χ2n) is 11.5. The van der Waals surface area contributed by atoms with Crippen LogP contribution in [0.2, 0.25) is 0 Å². The summed E-state index contributed by atoms with van der Waals surface area (Å²) in [6.45, 7) is 8.75. The van der Waals surface area contributed by atoms with Crippen LogP contribution in [0.25, 0.3) is 23.4 Å². The summed E-state index contributed by atoms with van der Waals surface area (Å²) in [4.78, 5) is 2.57. The Morgan fingerprint density at radius 2 is 1.68 bits per heavy atom. The molecule has 40 heavy (non-hydrogen) atoms. The fourth-order valence-electron chi connectivity index (χ4n) is 7.39. The topological polar surface area (TPSA) is 8.17 Å². The predicted octanol–water partition coefficient (Wildman–Crippen LogP) is 9.15. The van der Waals surface area contributed by atoms with E-state index in [4.69, 9.17) is 0 Å². The number of nitrogens with zero attached hydrogens (tertiary/aromatic N) is 2. The fourth-order valence-corrected chi connectivity index (χ4v) is 7.39. The van der Waals surface area contributed by atoms with Gasteiger partial charge in [0.25, 0.3) is 0 Å². The van der Waals surface area contributed by atoms with Crippen molar-refractivity contribution < 1.29 is 0 Å². The lowest BCUT2D eigenvalue weighted by Crippen LogP contribution is -2.33. The molecule has 3 atom stereocenters. The molecule has 0 N–H and O–H groups in total. The Morgan fingerprint density at radius 3 is 2.40 bits per heavy atom. The van der Waals surface area contributed by atoms with Crippen molar-refractivity contribution in [1.29, 1.82) is 0 Å². The maximum atomic E-state index is 4.30. The van der Waals surface area contributed by atoms with Crippen molar-refractivity contribution in [1.82, 2.24) is 9.47 Å². The van der Waals surface area contributed by atoms with Crippen molar-refractivity contribution in [2.24, 2.45) is 11.8 Å². The van der Waals surface area contributed by atoms with E-state index in [0.717, 1.165) is 32.1 Å². The summed E-state index contributed by atoms with van der Waals surface area (Å²) < 4.78 is 2.62. The third-order valence-electron chi connectivity index (χ3n) is 9.08. The van der Waals surface area contributed by atoms with Gasteiger partial charge in [0, 0.05) is 51.0 Å². The van der Waals surface area contributed by atoms with Gasteiger partial charge in [-0.05, 0) is 62.7 Å². The molecular weight excluding hydrogens is 484 g/mol. The summed E-state index contributed by atoms with van der Waals surface area (Å²) in [5, 5.41) is 0. The fraction of sp³-hybridized carbons (Fsp3) is 0.263. The molecule has 1 aromatic heterocycles. The number of hydrogen-bond acceptors (Lipinski definition) is 1. The first-order valence-corrected chi connectivity index (χ1v) is 15.0. The van der Waals surface area contributed by atoms with E-state index in [1.807, 2.05) is 0 Å². The predicted molar refractivity (Wildman–Crippen MR) is 170 cm³/mol. The van der Waals surface area contributed by atoms with Gasteiger partial charge in [0.15, 0.2) is 0 Å². The SMILES string of the molecule is C=CC1=C(/C=C\C)C2C=CC=CC2N1C1=CC(C)CC=C1c1ccccc1-n1c2c(c3c1CCC=C3)C=CCC2. The average Bonchev–Trinajstić information content (AvgIpc) is 3.50. The molecule has 7 rings (SSSR count). The quantitative estimate of drug-likeness (QED) is 0.380. The van der Waals surface area contributed by atoms with Crippen LogP contribution in [0.1, 0.15) is 61.2 Å². The van der Waals surface area contributed by atoms with Gasteiger partial charge in [0.2, 0.25) is 0 Å².